The van der Waals surface area contributed by atoms with E-state index in [-0.39, 0.29) is 34.1 Å². The number of aromatic nitrogens is 1. The lowest BCUT2D eigenvalue weighted by atomic mass is 10.1. The van der Waals surface area contributed by atoms with E-state index in [2.05, 4.69) is 10.3 Å². The summed E-state index contributed by atoms with van der Waals surface area (Å²) >= 11 is 0. The molecule has 9 heteroatoms. The lowest BCUT2D eigenvalue weighted by Gasteiger charge is -2.11. The van der Waals surface area contributed by atoms with Gasteiger partial charge in [0.1, 0.15) is 5.82 Å². The van der Waals surface area contributed by atoms with E-state index >= 15 is 0 Å². The Kier molecular flexibility index (Phi) is 6.68. The summed E-state index contributed by atoms with van der Waals surface area (Å²) in [5.41, 5.74) is 1.60. The molecular formula is C26H19FN2O6. The second-order valence-electron chi connectivity index (χ2n) is 7.32. The van der Waals surface area contributed by atoms with E-state index in [1.807, 2.05) is 0 Å². The molecule has 0 atom stereocenters. The number of ether oxygens (including phenoxy) is 2. The van der Waals surface area contributed by atoms with Gasteiger partial charge in [0.05, 0.1) is 37.1 Å². The molecule has 176 valence electrons. The summed E-state index contributed by atoms with van der Waals surface area (Å²) in [5, 5.41) is 2.69. The molecule has 1 heterocycles. The van der Waals surface area contributed by atoms with Gasteiger partial charge in [0.2, 0.25) is 5.89 Å². The van der Waals surface area contributed by atoms with Gasteiger partial charge in [0.15, 0.2) is 5.76 Å². The first-order valence-electron chi connectivity index (χ1n) is 10.3. The zero-order valence-corrected chi connectivity index (χ0v) is 18.7. The Bertz CT molecular complexity index is 1380. The van der Waals surface area contributed by atoms with Crippen LogP contribution in [0.4, 0.5) is 10.1 Å². The van der Waals surface area contributed by atoms with Crippen LogP contribution in [-0.4, -0.2) is 37.0 Å². The lowest BCUT2D eigenvalue weighted by molar-refractivity contribution is 0.0599. The predicted molar refractivity (Wildman–Crippen MR) is 124 cm³/mol. The van der Waals surface area contributed by atoms with Gasteiger partial charge in [-0.15, -0.1) is 0 Å². The quantitative estimate of drug-likeness (QED) is 0.393. The third kappa shape index (κ3) is 5.09. The number of nitrogens with zero attached hydrogens (tertiary/aromatic N) is 1. The molecule has 1 aromatic heterocycles. The monoisotopic (exact) mass is 474 g/mol. The summed E-state index contributed by atoms with van der Waals surface area (Å²) in [5.74, 6) is -1.67. The van der Waals surface area contributed by atoms with Gasteiger partial charge in [0.25, 0.3) is 5.91 Å². The number of hydrogen-bond donors (Lipinski definition) is 1. The van der Waals surface area contributed by atoms with Crippen LogP contribution in [0.5, 0.6) is 0 Å². The van der Waals surface area contributed by atoms with Crippen molar-refractivity contribution in [2.75, 3.05) is 19.5 Å². The maximum absolute atomic E-state index is 13.2. The van der Waals surface area contributed by atoms with Crippen LogP contribution in [0.2, 0.25) is 0 Å². The van der Waals surface area contributed by atoms with Crippen molar-refractivity contribution in [3.63, 3.8) is 0 Å². The highest BCUT2D eigenvalue weighted by Gasteiger charge is 2.19. The van der Waals surface area contributed by atoms with Crippen molar-refractivity contribution < 1.29 is 32.7 Å². The number of carbonyl (C=O) groups is 3. The number of amides is 1. The van der Waals surface area contributed by atoms with Crippen molar-refractivity contribution in [1.82, 2.24) is 4.98 Å². The maximum atomic E-state index is 13.2. The molecule has 0 bridgehead atoms. The fraction of sp³-hybridized carbons (Fsp3) is 0.0769. The summed E-state index contributed by atoms with van der Waals surface area (Å²) in [6, 6.07) is 16.5. The van der Waals surface area contributed by atoms with Gasteiger partial charge in [-0.2, -0.15) is 0 Å². The van der Waals surface area contributed by atoms with Gasteiger partial charge >= 0.3 is 11.9 Å². The molecule has 1 N–H and O–H groups in total. The molecular weight excluding hydrogens is 455 g/mol. The summed E-state index contributed by atoms with van der Waals surface area (Å²) in [4.78, 5) is 41.5. The molecule has 35 heavy (non-hydrogen) atoms. The van der Waals surface area contributed by atoms with Crippen molar-refractivity contribution in [2.45, 2.75) is 0 Å². The van der Waals surface area contributed by atoms with E-state index in [9.17, 15) is 18.8 Å². The van der Waals surface area contributed by atoms with E-state index in [1.54, 1.807) is 36.4 Å². The molecule has 1 amide bonds. The molecule has 4 rings (SSSR count). The van der Waals surface area contributed by atoms with E-state index in [0.29, 0.717) is 16.9 Å². The number of methoxy groups -OCH3 is 2. The second-order valence-corrected chi connectivity index (χ2v) is 7.32. The Balaban J connectivity index is 1.66. The Morgan fingerprint density at radius 1 is 0.886 bits per heavy atom. The second kappa shape index (κ2) is 10.0. The Labute approximate surface area is 199 Å². The summed E-state index contributed by atoms with van der Waals surface area (Å²) < 4.78 is 28.5. The largest absolute Gasteiger partial charge is 0.465 e. The third-order valence-electron chi connectivity index (χ3n) is 5.07. The zero-order valence-electron chi connectivity index (χ0n) is 18.7. The summed E-state index contributed by atoms with van der Waals surface area (Å²) in [7, 11) is 2.41. The SMILES string of the molecule is COC(=O)c1cc(NC(=O)c2ccccc2-c2ncc(-c3ccc(F)cc3)o2)cc(C(=O)OC)c1. The third-order valence-corrected chi connectivity index (χ3v) is 5.07. The molecule has 0 unspecified atom stereocenters. The molecule has 3 aromatic carbocycles. The first-order chi connectivity index (χ1) is 16.9. The molecule has 0 aliphatic rings. The van der Waals surface area contributed by atoms with Crippen LogP contribution in [0, 0.1) is 5.82 Å². The van der Waals surface area contributed by atoms with Crippen molar-refractivity contribution in [3.05, 3.63) is 95.4 Å². The first-order valence-corrected chi connectivity index (χ1v) is 10.3. The minimum absolute atomic E-state index is 0.0654. The molecule has 0 aliphatic carbocycles. The van der Waals surface area contributed by atoms with Gasteiger partial charge in [-0.3, -0.25) is 4.79 Å². The van der Waals surface area contributed by atoms with E-state index in [0.717, 1.165) is 0 Å². The van der Waals surface area contributed by atoms with E-state index in [1.165, 1.54) is 50.7 Å². The fourth-order valence-corrected chi connectivity index (χ4v) is 3.38. The molecule has 0 aliphatic heterocycles. The lowest BCUT2D eigenvalue weighted by Crippen LogP contribution is -2.15. The first kappa shape index (κ1) is 23.4. The minimum Gasteiger partial charge on any atom is -0.465 e. The average Bonchev–Trinajstić information content (AvgIpc) is 3.38. The topological polar surface area (TPSA) is 108 Å². The highest BCUT2D eigenvalue weighted by atomic mass is 19.1. The highest BCUT2D eigenvalue weighted by Crippen LogP contribution is 2.29. The molecule has 0 radical (unpaired) electrons. The van der Waals surface area contributed by atoms with Crippen LogP contribution < -0.4 is 5.32 Å². The molecule has 0 saturated carbocycles. The van der Waals surface area contributed by atoms with Crippen molar-refractivity contribution >= 4 is 23.5 Å². The Morgan fingerprint density at radius 2 is 1.51 bits per heavy atom. The number of oxazole rings is 1. The number of anilines is 1. The van der Waals surface area contributed by atoms with Gasteiger partial charge in [-0.25, -0.2) is 19.0 Å². The van der Waals surface area contributed by atoms with Crippen LogP contribution in [0.1, 0.15) is 31.1 Å². The minimum atomic E-state index is -0.681. The van der Waals surface area contributed by atoms with E-state index in [4.69, 9.17) is 13.9 Å². The van der Waals surface area contributed by atoms with Gasteiger partial charge in [-0.1, -0.05) is 12.1 Å². The molecule has 0 fully saturated rings. The van der Waals surface area contributed by atoms with Gasteiger partial charge in [-0.05, 0) is 54.6 Å². The Morgan fingerprint density at radius 3 is 2.14 bits per heavy atom. The van der Waals surface area contributed by atoms with Crippen LogP contribution in [-0.2, 0) is 9.47 Å². The van der Waals surface area contributed by atoms with Crippen molar-refractivity contribution in [3.8, 4) is 22.8 Å². The highest BCUT2D eigenvalue weighted by molar-refractivity contribution is 6.09. The van der Waals surface area contributed by atoms with Crippen molar-refractivity contribution in [1.29, 1.82) is 0 Å². The number of benzene rings is 3. The molecule has 8 nitrogen and oxygen atoms in total. The normalized spacial score (nSPS) is 10.5. The number of hydrogen-bond acceptors (Lipinski definition) is 7. The standard InChI is InChI=1S/C26H19FN2O6/c1-33-25(31)16-11-17(26(32)34-2)13-19(12-16)29-23(30)20-5-3-4-6-21(20)24-28-14-22(35-24)15-7-9-18(27)10-8-15/h3-14H,1-2H3,(H,29,30). The van der Waals surface area contributed by atoms with Crippen LogP contribution in [0.25, 0.3) is 22.8 Å². The number of halogens is 1. The zero-order chi connectivity index (χ0) is 24.9. The number of nitrogens with one attached hydrogen (secondary N) is 1. The Hall–Kier alpha value is -4.79. The smallest absolute Gasteiger partial charge is 0.337 e. The fourth-order valence-electron chi connectivity index (χ4n) is 3.38. The van der Waals surface area contributed by atoms with Gasteiger partial charge < -0.3 is 19.2 Å². The number of carbonyl (C=O) groups excluding carboxylic acids is 3. The van der Waals surface area contributed by atoms with Crippen LogP contribution in [0.3, 0.4) is 0 Å². The van der Waals surface area contributed by atoms with Crippen LogP contribution in [0.15, 0.2) is 77.3 Å². The average molecular weight is 474 g/mol. The molecule has 4 aromatic rings. The van der Waals surface area contributed by atoms with Crippen molar-refractivity contribution in [2.24, 2.45) is 0 Å². The summed E-state index contributed by atoms with van der Waals surface area (Å²) in [6.07, 6.45) is 1.49. The molecule has 0 spiro atoms. The van der Waals surface area contributed by atoms with Crippen LogP contribution >= 0.6 is 0 Å². The number of rotatable bonds is 6. The van der Waals surface area contributed by atoms with Gasteiger partial charge in [0, 0.05) is 16.8 Å². The summed E-state index contributed by atoms with van der Waals surface area (Å²) in [6.45, 7) is 0. The number of esters is 2. The maximum Gasteiger partial charge on any atom is 0.337 e. The van der Waals surface area contributed by atoms with E-state index < -0.39 is 17.8 Å². The predicted octanol–water partition coefficient (Wildman–Crippen LogP) is 4.97. The molecule has 0 saturated heterocycles.